The number of hydrogen-bond acceptors (Lipinski definition) is 6. The van der Waals surface area contributed by atoms with E-state index in [4.69, 9.17) is 14.2 Å². The van der Waals surface area contributed by atoms with Crippen molar-refractivity contribution in [2.45, 2.75) is 11.8 Å². The Balaban J connectivity index is 1.47. The first-order chi connectivity index (χ1) is 13.4. The third kappa shape index (κ3) is 5.16. The number of anilines is 1. The van der Waals surface area contributed by atoms with Crippen LogP contribution in [0.15, 0.2) is 47.4 Å². The number of hydrogen-bond donors (Lipinski definition) is 2. The number of rotatable bonds is 6. The Hall–Kier alpha value is -3.22. The van der Waals surface area contributed by atoms with Crippen molar-refractivity contribution in [2.24, 2.45) is 0 Å². The molecule has 1 aliphatic rings. The van der Waals surface area contributed by atoms with Gasteiger partial charge in [-0.25, -0.2) is 8.42 Å². The number of fused-ring (bicyclic) bond motifs is 1. The van der Waals surface area contributed by atoms with Crippen molar-refractivity contribution in [1.82, 2.24) is 4.72 Å². The van der Waals surface area contributed by atoms with Crippen LogP contribution in [0.5, 0.6) is 17.2 Å². The fraction of sp³-hybridized carbons (Fsp3) is 0.211. The van der Waals surface area contributed by atoms with Gasteiger partial charge in [0.15, 0.2) is 11.5 Å². The third-order valence-corrected chi connectivity index (χ3v) is 5.03. The van der Waals surface area contributed by atoms with E-state index in [2.05, 4.69) is 21.9 Å². The average Bonchev–Trinajstić information content (AvgIpc) is 3.12. The van der Waals surface area contributed by atoms with Gasteiger partial charge in [-0.1, -0.05) is 11.8 Å². The summed E-state index contributed by atoms with van der Waals surface area (Å²) in [6.07, 6.45) is 0. The number of carbonyl (C=O) groups is 1. The molecule has 0 radical (unpaired) electrons. The van der Waals surface area contributed by atoms with Crippen molar-refractivity contribution in [3.05, 3.63) is 42.5 Å². The van der Waals surface area contributed by atoms with Crippen LogP contribution in [0.1, 0.15) is 6.92 Å². The Morgan fingerprint density at radius 2 is 1.86 bits per heavy atom. The molecule has 0 aromatic heterocycles. The third-order valence-electron chi connectivity index (χ3n) is 3.62. The molecule has 1 heterocycles. The molecule has 2 aromatic carbocycles. The van der Waals surface area contributed by atoms with E-state index in [1.54, 1.807) is 18.2 Å². The SMILES string of the molecule is CC(=O)Nc1ccc(S(=O)(=O)NCC#CCOc2ccc3c(c2)OCO3)cc1. The topological polar surface area (TPSA) is 103 Å². The maximum atomic E-state index is 12.2. The van der Waals surface area contributed by atoms with Crippen LogP contribution in [0.2, 0.25) is 0 Å². The van der Waals surface area contributed by atoms with E-state index in [1.807, 2.05) is 0 Å². The summed E-state index contributed by atoms with van der Waals surface area (Å²) >= 11 is 0. The molecule has 3 rings (SSSR count). The molecule has 9 heteroatoms. The van der Waals surface area contributed by atoms with Crippen molar-refractivity contribution < 1.29 is 27.4 Å². The van der Waals surface area contributed by atoms with Gasteiger partial charge in [-0.2, -0.15) is 4.72 Å². The normalized spacial score (nSPS) is 12.0. The van der Waals surface area contributed by atoms with Gasteiger partial charge in [-0.15, -0.1) is 0 Å². The molecule has 146 valence electrons. The zero-order valence-corrected chi connectivity index (χ0v) is 15.8. The van der Waals surface area contributed by atoms with E-state index in [0.29, 0.717) is 22.9 Å². The molecule has 0 spiro atoms. The first-order valence-corrected chi connectivity index (χ1v) is 9.78. The summed E-state index contributed by atoms with van der Waals surface area (Å²) in [5.74, 6) is 7.06. The monoisotopic (exact) mass is 402 g/mol. The van der Waals surface area contributed by atoms with Gasteiger partial charge in [-0.05, 0) is 36.4 Å². The highest BCUT2D eigenvalue weighted by Crippen LogP contribution is 2.34. The number of amides is 1. The predicted molar refractivity (Wildman–Crippen MR) is 102 cm³/mol. The number of benzene rings is 2. The predicted octanol–water partition coefficient (Wildman–Crippen LogP) is 1.73. The van der Waals surface area contributed by atoms with Gasteiger partial charge in [0.05, 0.1) is 11.4 Å². The molecular weight excluding hydrogens is 384 g/mol. The van der Waals surface area contributed by atoms with E-state index < -0.39 is 10.0 Å². The van der Waals surface area contributed by atoms with Crippen LogP contribution in [0.3, 0.4) is 0 Å². The molecule has 0 fully saturated rings. The Kier molecular flexibility index (Phi) is 6.03. The summed E-state index contributed by atoms with van der Waals surface area (Å²) < 4.78 is 42.7. The maximum Gasteiger partial charge on any atom is 0.241 e. The van der Waals surface area contributed by atoms with Crippen LogP contribution in [0.4, 0.5) is 5.69 Å². The van der Waals surface area contributed by atoms with Gasteiger partial charge in [0, 0.05) is 18.7 Å². The molecule has 8 nitrogen and oxygen atoms in total. The van der Waals surface area contributed by atoms with Gasteiger partial charge in [-0.3, -0.25) is 4.79 Å². The lowest BCUT2D eigenvalue weighted by molar-refractivity contribution is -0.114. The lowest BCUT2D eigenvalue weighted by atomic mass is 10.3. The van der Waals surface area contributed by atoms with E-state index in [1.165, 1.54) is 31.2 Å². The number of ether oxygens (including phenoxy) is 3. The first kappa shape index (κ1) is 19.5. The quantitative estimate of drug-likeness (QED) is 0.714. The summed E-state index contributed by atoms with van der Waals surface area (Å²) in [7, 11) is -3.69. The summed E-state index contributed by atoms with van der Waals surface area (Å²) in [6.45, 7) is 1.61. The standard InChI is InChI=1S/C19H18N2O6S/c1-14(22)21-15-4-7-17(8-5-15)28(23,24)20-10-2-3-11-25-16-6-9-18-19(12-16)27-13-26-18/h4-9,12,20H,10-11,13H2,1H3,(H,21,22). The van der Waals surface area contributed by atoms with Crippen molar-refractivity contribution in [1.29, 1.82) is 0 Å². The van der Waals surface area contributed by atoms with Crippen molar-refractivity contribution in [3.63, 3.8) is 0 Å². The number of nitrogens with one attached hydrogen (secondary N) is 2. The van der Waals surface area contributed by atoms with Gasteiger partial charge in [0.25, 0.3) is 0 Å². The summed E-state index contributed by atoms with van der Waals surface area (Å²) in [6, 6.07) is 11.0. The van der Waals surface area contributed by atoms with Gasteiger partial charge < -0.3 is 19.5 Å². The Morgan fingerprint density at radius 1 is 1.11 bits per heavy atom. The van der Waals surface area contributed by atoms with Crippen LogP contribution in [-0.2, 0) is 14.8 Å². The lowest BCUT2D eigenvalue weighted by Gasteiger charge is -2.06. The maximum absolute atomic E-state index is 12.2. The molecule has 1 amide bonds. The van der Waals surface area contributed by atoms with E-state index in [9.17, 15) is 13.2 Å². The highest BCUT2D eigenvalue weighted by atomic mass is 32.2. The zero-order valence-electron chi connectivity index (χ0n) is 15.0. The van der Waals surface area contributed by atoms with Crippen molar-refractivity contribution in [3.8, 4) is 29.1 Å². The van der Waals surface area contributed by atoms with Gasteiger partial charge in [0.2, 0.25) is 22.7 Å². The van der Waals surface area contributed by atoms with E-state index in [0.717, 1.165) is 0 Å². The minimum absolute atomic E-state index is 0.0553. The van der Waals surface area contributed by atoms with Crippen LogP contribution in [0.25, 0.3) is 0 Å². The molecule has 0 aliphatic carbocycles. The molecule has 2 aromatic rings. The number of sulfonamides is 1. The molecule has 0 saturated heterocycles. The zero-order chi connectivity index (χ0) is 20.0. The Labute approximate surface area is 162 Å². The molecule has 0 atom stereocenters. The molecule has 2 N–H and O–H groups in total. The summed E-state index contributed by atoms with van der Waals surface area (Å²) in [4.78, 5) is 11.1. The lowest BCUT2D eigenvalue weighted by Crippen LogP contribution is -2.24. The second kappa shape index (κ2) is 8.65. The summed E-state index contributed by atoms with van der Waals surface area (Å²) in [5, 5.41) is 2.57. The molecular formula is C19H18N2O6S. The van der Waals surface area contributed by atoms with Crippen LogP contribution >= 0.6 is 0 Å². The number of carbonyl (C=O) groups excluding carboxylic acids is 1. The Bertz CT molecular complexity index is 1020. The van der Waals surface area contributed by atoms with E-state index >= 15 is 0 Å². The highest BCUT2D eigenvalue weighted by Gasteiger charge is 2.14. The first-order valence-electron chi connectivity index (χ1n) is 8.29. The molecule has 28 heavy (non-hydrogen) atoms. The molecule has 1 aliphatic heterocycles. The fourth-order valence-corrected chi connectivity index (χ4v) is 3.26. The Morgan fingerprint density at radius 3 is 2.61 bits per heavy atom. The van der Waals surface area contributed by atoms with Crippen LogP contribution in [-0.4, -0.2) is 34.3 Å². The second-order valence-electron chi connectivity index (χ2n) is 5.69. The second-order valence-corrected chi connectivity index (χ2v) is 7.45. The summed E-state index contributed by atoms with van der Waals surface area (Å²) in [5.41, 5.74) is 0.520. The van der Waals surface area contributed by atoms with Gasteiger partial charge >= 0.3 is 0 Å². The molecule has 0 bridgehead atoms. The van der Waals surface area contributed by atoms with Crippen molar-refractivity contribution in [2.75, 3.05) is 25.3 Å². The fourth-order valence-electron chi connectivity index (χ4n) is 2.33. The smallest absolute Gasteiger partial charge is 0.241 e. The van der Waals surface area contributed by atoms with Crippen LogP contribution < -0.4 is 24.2 Å². The minimum atomic E-state index is -3.69. The molecule has 0 saturated carbocycles. The van der Waals surface area contributed by atoms with Crippen LogP contribution in [0, 0.1) is 11.8 Å². The minimum Gasteiger partial charge on any atom is -0.481 e. The average molecular weight is 402 g/mol. The van der Waals surface area contributed by atoms with Crippen molar-refractivity contribution >= 4 is 21.6 Å². The van der Waals surface area contributed by atoms with E-state index in [-0.39, 0.29) is 30.7 Å². The van der Waals surface area contributed by atoms with Gasteiger partial charge in [0.1, 0.15) is 12.4 Å². The highest BCUT2D eigenvalue weighted by molar-refractivity contribution is 7.89. The largest absolute Gasteiger partial charge is 0.481 e. The molecule has 0 unspecified atom stereocenters.